The van der Waals surface area contributed by atoms with E-state index in [0.29, 0.717) is 24.8 Å². The normalized spacial score (nSPS) is 17.3. The van der Waals surface area contributed by atoms with Gasteiger partial charge in [0.1, 0.15) is 10.7 Å². The monoisotopic (exact) mass is 417 g/mol. The fourth-order valence-electron chi connectivity index (χ4n) is 3.30. The Hall–Kier alpha value is -2.69. The zero-order chi connectivity index (χ0) is 20.4. The van der Waals surface area contributed by atoms with Crippen LogP contribution in [-0.4, -0.2) is 58.9 Å². The summed E-state index contributed by atoms with van der Waals surface area (Å²) in [4.78, 5) is 10.3. The summed E-state index contributed by atoms with van der Waals surface area (Å²) in [6, 6.07) is 8.90. The molecule has 29 heavy (non-hydrogen) atoms. The molecule has 0 saturated carbocycles. The number of hydrogen-bond acceptors (Lipinski definition) is 7. The molecule has 1 unspecified atom stereocenters. The Kier molecular flexibility index (Phi) is 5.39. The molecule has 2 aromatic heterocycles. The van der Waals surface area contributed by atoms with E-state index in [-0.39, 0.29) is 24.0 Å². The molecule has 0 bridgehead atoms. The smallest absolute Gasteiger partial charge is 0.246 e. The van der Waals surface area contributed by atoms with Gasteiger partial charge in [0.25, 0.3) is 0 Å². The molecule has 152 valence electrons. The molecule has 3 heterocycles. The number of aromatic nitrogens is 3. The third kappa shape index (κ3) is 3.91. The maximum Gasteiger partial charge on any atom is 0.246 e. The molecule has 8 nitrogen and oxygen atoms in total. The maximum atomic E-state index is 14.0. The molecule has 0 amide bonds. The molecule has 1 saturated heterocycles. The van der Waals surface area contributed by atoms with E-state index >= 15 is 0 Å². The summed E-state index contributed by atoms with van der Waals surface area (Å²) in [6.45, 7) is 3.38. The lowest BCUT2D eigenvalue weighted by atomic mass is 10.2. The topological polar surface area (TPSA) is 92.4 Å². The minimum absolute atomic E-state index is 0.175. The minimum atomic E-state index is -3.87. The number of rotatable bonds is 5. The fraction of sp³-hybridized carbons (Fsp3) is 0.316. The average Bonchev–Trinajstić information content (AvgIpc) is 3.24. The van der Waals surface area contributed by atoms with Crippen molar-refractivity contribution in [2.75, 3.05) is 26.2 Å². The second-order valence-corrected chi connectivity index (χ2v) is 8.65. The first-order chi connectivity index (χ1) is 14.0. The average molecular weight is 417 g/mol. The Morgan fingerprint density at radius 2 is 1.86 bits per heavy atom. The second-order valence-electron chi connectivity index (χ2n) is 6.74. The summed E-state index contributed by atoms with van der Waals surface area (Å²) in [7, 11) is -3.87. The van der Waals surface area contributed by atoms with Gasteiger partial charge in [-0.1, -0.05) is 17.3 Å². The number of sulfonamides is 1. The molecule has 1 fully saturated rings. The third-order valence-corrected chi connectivity index (χ3v) is 6.93. The molecule has 1 aromatic carbocycles. The summed E-state index contributed by atoms with van der Waals surface area (Å²) in [5.74, 6) is 0.173. The van der Waals surface area contributed by atoms with E-state index in [0.717, 1.165) is 11.6 Å². The predicted octanol–water partition coefficient (Wildman–Crippen LogP) is 2.34. The predicted molar refractivity (Wildman–Crippen MR) is 103 cm³/mol. The SMILES string of the molecule is CC(c1nc(-c2cccnc2)no1)N1CCN(S(=O)(=O)c2ccccc2F)CC1. The number of pyridine rings is 1. The van der Waals surface area contributed by atoms with Crippen LogP contribution in [-0.2, 0) is 10.0 Å². The van der Waals surface area contributed by atoms with Gasteiger partial charge in [-0.15, -0.1) is 0 Å². The molecule has 1 atom stereocenters. The first kappa shape index (κ1) is 19.6. The van der Waals surface area contributed by atoms with Crippen molar-refractivity contribution in [2.45, 2.75) is 17.9 Å². The van der Waals surface area contributed by atoms with Crippen LogP contribution in [0.4, 0.5) is 4.39 Å². The number of halogens is 1. The van der Waals surface area contributed by atoms with Crippen LogP contribution < -0.4 is 0 Å². The largest absolute Gasteiger partial charge is 0.337 e. The Morgan fingerprint density at radius 3 is 2.55 bits per heavy atom. The Morgan fingerprint density at radius 1 is 1.10 bits per heavy atom. The van der Waals surface area contributed by atoms with Gasteiger partial charge in [0, 0.05) is 44.1 Å². The van der Waals surface area contributed by atoms with Crippen molar-refractivity contribution < 1.29 is 17.3 Å². The molecule has 0 N–H and O–H groups in total. The molecule has 0 radical (unpaired) electrons. The first-order valence-electron chi connectivity index (χ1n) is 9.19. The zero-order valence-corrected chi connectivity index (χ0v) is 16.6. The highest BCUT2D eigenvalue weighted by Crippen LogP contribution is 2.25. The highest BCUT2D eigenvalue weighted by molar-refractivity contribution is 7.89. The van der Waals surface area contributed by atoms with E-state index in [1.54, 1.807) is 18.5 Å². The number of hydrogen-bond donors (Lipinski definition) is 0. The molecule has 0 aliphatic carbocycles. The van der Waals surface area contributed by atoms with E-state index in [2.05, 4.69) is 20.0 Å². The molecular weight excluding hydrogens is 397 g/mol. The van der Waals surface area contributed by atoms with Crippen LogP contribution in [0.2, 0.25) is 0 Å². The zero-order valence-electron chi connectivity index (χ0n) is 15.8. The standard InChI is InChI=1S/C19H20FN5O3S/c1-14(19-22-18(23-28-19)15-5-4-8-21-13-15)24-9-11-25(12-10-24)29(26,27)17-7-3-2-6-16(17)20/h2-8,13-14H,9-12H2,1H3. The highest BCUT2D eigenvalue weighted by atomic mass is 32.2. The van der Waals surface area contributed by atoms with Crippen molar-refractivity contribution in [3.8, 4) is 11.4 Å². The van der Waals surface area contributed by atoms with Crippen LogP contribution in [0.5, 0.6) is 0 Å². The van der Waals surface area contributed by atoms with Crippen molar-refractivity contribution in [2.24, 2.45) is 0 Å². The van der Waals surface area contributed by atoms with E-state index in [1.165, 1.54) is 22.5 Å². The molecule has 4 rings (SSSR count). The summed E-state index contributed by atoms with van der Waals surface area (Å²) in [5.41, 5.74) is 0.760. The van der Waals surface area contributed by atoms with Gasteiger partial charge in [-0.2, -0.15) is 9.29 Å². The molecule has 0 spiro atoms. The maximum absolute atomic E-state index is 14.0. The van der Waals surface area contributed by atoms with E-state index in [1.807, 2.05) is 13.0 Å². The quantitative estimate of drug-likeness (QED) is 0.629. The second kappa shape index (κ2) is 7.97. The van der Waals surface area contributed by atoms with Crippen LogP contribution in [0.1, 0.15) is 18.9 Å². The van der Waals surface area contributed by atoms with Crippen LogP contribution >= 0.6 is 0 Å². The van der Waals surface area contributed by atoms with Gasteiger partial charge < -0.3 is 4.52 Å². The van der Waals surface area contributed by atoms with Crippen LogP contribution in [0, 0.1) is 5.82 Å². The lowest BCUT2D eigenvalue weighted by molar-refractivity contribution is 0.124. The Balaban J connectivity index is 1.43. The van der Waals surface area contributed by atoms with E-state index in [9.17, 15) is 12.8 Å². The summed E-state index contributed by atoms with van der Waals surface area (Å²) in [6.07, 6.45) is 3.33. The van der Waals surface area contributed by atoms with Gasteiger partial charge in [0.15, 0.2) is 0 Å². The van der Waals surface area contributed by atoms with Crippen LogP contribution in [0.25, 0.3) is 11.4 Å². The number of piperazine rings is 1. The molecule has 1 aliphatic rings. The molecule has 3 aromatic rings. The van der Waals surface area contributed by atoms with Gasteiger partial charge in [-0.25, -0.2) is 12.8 Å². The van der Waals surface area contributed by atoms with Crippen molar-refractivity contribution >= 4 is 10.0 Å². The van der Waals surface area contributed by atoms with Gasteiger partial charge in [0.05, 0.1) is 6.04 Å². The van der Waals surface area contributed by atoms with Gasteiger partial charge in [0.2, 0.25) is 21.7 Å². The number of benzene rings is 1. The number of nitrogens with zero attached hydrogens (tertiary/aromatic N) is 5. The first-order valence-corrected chi connectivity index (χ1v) is 10.6. The summed E-state index contributed by atoms with van der Waals surface area (Å²) in [5, 5.41) is 4.01. The van der Waals surface area contributed by atoms with Gasteiger partial charge >= 0.3 is 0 Å². The van der Waals surface area contributed by atoms with Gasteiger partial charge in [-0.05, 0) is 31.2 Å². The van der Waals surface area contributed by atoms with E-state index < -0.39 is 15.8 Å². The molecule has 10 heteroatoms. The molecule has 1 aliphatic heterocycles. The Bertz CT molecular complexity index is 1080. The fourth-order valence-corrected chi connectivity index (χ4v) is 4.78. The minimum Gasteiger partial charge on any atom is -0.337 e. The van der Waals surface area contributed by atoms with Crippen molar-refractivity contribution in [3.63, 3.8) is 0 Å². The summed E-state index contributed by atoms with van der Waals surface area (Å²) < 4.78 is 46.1. The lowest BCUT2D eigenvalue weighted by Crippen LogP contribution is -2.49. The third-order valence-electron chi connectivity index (χ3n) is 4.99. The van der Waals surface area contributed by atoms with E-state index in [4.69, 9.17) is 4.52 Å². The van der Waals surface area contributed by atoms with Crippen molar-refractivity contribution in [1.82, 2.24) is 24.3 Å². The highest BCUT2D eigenvalue weighted by Gasteiger charge is 2.33. The van der Waals surface area contributed by atoms with Crippen LogP contribution in [0.3, 0.4) is 0 Å². The molecular formula is C19H20FN5O3S. The van der Waals surface area contributed by atoms with Crippen molar-refractivity contribution in [1.29, 1.82) is 0 Å². The lowest BCUT2D eigenvalue weighted by Gasteiger charge is -2.36. The van der Waals surface area contributed by atoms with Crippen LogP contribution in [0.15, 0.2) is 58.2 Å². The van der Waals surface area contributed by atoms with Gasteiger partial charge in [-0.3, -0.25) is 9.88 Å². The summed E-state index contributed by atoms with van der Waals surface area (Å²) >= 11 is 0. The Labute approximate surface area is 168 Å². The van der Waals surface area contributed by atoms with Crippen molar-refractivity contribution in [3.05, 3.63) is 60.5 Å².